The quantitative estimate of drug-likeness (QED) is 0.320. The van der Waals surface area contributed by atoms with Gasteiger partial charge in [-0.05, 0) is 52.5 Å². The number of rotatable bonds is 12. The fraction of sp³-hybridized carbons (Fsp3) is 0.657. The number of benzene rings is 1. The number of nitrogens with zero attached hydrogens (tertiary/aromatic N) is 4. The molecule has 0 radical (unpaired) electrons. The predicted molar refractivity (Wildman–Crippen MR) is 181 cm³/mol. The first-order valence-corrected chi connectivity index (χ1v) is 17.3. The molecule has 0 bridgehead atoms. The fourth-order valence-electron chi connectivity index (χ4n) is 6.42. The number of ether oxygens (including phenoxy) is 3. The molecule has 1 saturated heterocycles. The number of likely N-dealkylation sites (N-methyl/N-ethyl adjacent to an activating group) is 1. The molecule has 2 atom stereocenters. The van der Waals surface area contributed by atoms with Crippen molar-refractivity contribution in [2.45, 2.75) is 77.5 Å². The van der Waals surface area contributed by atoms with E-state index in [0.717, 1.165) is 44.2 Å². The molecule has 1 aromatic carbocycles. The number of halogens is 2. The van der Waals surface area contributed by atoms with Crippen molar-refractivity contribution < 1.29 is 47.3 Å². The van der Waals surface area contributed by atoms with E-state index < -0.39 is 47.2 Å². The van der Waals surface area contributed by atoms with Crippen LogP contribution in [0.15, 0.2) is 12.1 Å². The number of fused-ring (bicyclic) bond motifs is 1. The molecule has 4 rings (SSSR count). The van der Waals surface area contributed by atoms with Gasteiger partial charge in [-0.2, -0.15) is 0 Å². The summed E-state index contributed by atoms with van der Waals surface area (Å²) in [5.41, 5.74) is -0.369. The van der Waals surface area contributed by atoms with Gasteiger partial charge in [0.05, 0.1) is 25.3 Å². The van der Waals surface area contributed by atoms with Crippen LogP contribution in [0.25, 0.3) is 10.9 Å². The zero-order chi connectivity index (χ0) is 36.7. The maximum atomic E-state index is 14.3. The molecule has 15 heteroatoms. The number of aliphatic hydroxyl groups excluding tert-OH is 1. The minimum absolute atomic E-state index is 0.00112. The minimum Gasteiger partial charge on any atom is -0.488 e. The molecule has 0 spiro atoms. The molecule has 2 N–H and O–H groups in total. The maximum Gasteiger partial charge on any atom is 0.410 e. The lowest BCUT2D eigenvalue weighted by Gasteiger charge is -2.39. The maximum absolute atomic E-state index is 14.3. The summed E-state index contributed by atoms with van der Waals surface area (Å²) in [5.74, 6) is -3.27. The third-order valence-corrected chi connectivity index (χ3v) is 9.31. The van der Waals surface area contributed by atoms with Crippen LogP contribution >= 0.6 is 0 Å². The Balaban J connectivity index is 1.48. The van der Waals surface area contributed by atoms with Crippen molar-refractivity contribution >= 4 is 34.7 Å². The zero-order valence-corrected chi connectivity index (χ0v) is 29.9. The molecule has 2 aliphatic rings. The molecule has 2 fully saturated rings. The second-order valence-electron chi connectivity index (χ2n) is 14.0. The molecule has 4 amide bonds. The molecule has 1 aliphatic carbocycles. The second-order valence-corrected chi connectivity index (χ2v) is 14.0. The lowest BCUT2D eigenvalue weighted by molar-refractivity contribution is -0.140. The van der Waals surface area contributed by atoms with Crippen LogP contribution in [0.1, 0.15) is 70.3 Å². The number of piperazine rings is 1. The normalized spacial score (nSPS) is 17.0. The van der Waals surface area contributed by atoms with Crippen molar-refractivity contribution in [2.75, 3.05) is 59.7 Å². The minimum atomic E-state index is -1.08. The molecule has 2 aromatic rings. The van der Waals surface area contributed by atoms with Crippen molar-refractivity contribution in [3.8, 4) is 5.75 Å². The van der Waals surface area contributed by atoms with Gasteiger partial charge in [0.25, 0.3) is 5.91 Å². The number of aliphatic hydroxyl groups is 1. The van der Waals surface area contributed by atoms with Crippen LogP contribution in [0.4, 0.5) is 13.6 Å². The molecule has 1 saturated carbocycles. The summed E-state index contributed by atoms with van der Waals surface area (Å²) in [6.45, 7) is 7.60. The Hall–Kier alpha value is -3.98. The number of carbonyl (C=O) groups excluding carboxylic acids is 4. The molecular weight excluding hydrogens is 656 g/mol. The lowest BCUT2D eigenvalue weighted by Crippen LogP contribution is -2.59. The van der Waals surface area contributed by atoms with Gasteiger partial charge in [0, 0.05) is 51.7 Å². The summed E-state index contributed by atoms with van der Waals surface area (Å²) in [6.07, 6.45) is 3.85. The molecule has 50 heavy (non-hydrogen) atoms. The Morgan fingerprint density at radius 1 is 0.980 bits per heavy atom. The molecule has 1 aromatic heterocycles. The third kappa shape index (κ3) is 9.22. The number of hydrogen-bond donors (Lipinski definition) is 2. The van der Waals surface area contributed by atoms with Crippen LogP contribution < -0.4 is 10.1 Å². The topological polar surface area (TPSA) is 143 Å². The van der Waals surface area contributed by atoms with Gasteiger partial charge < -0.3 is 39.0 Å². The Morgan fingerprint density at radius 3 is 2.22 bits per heavy atom. The SMILES string of the molecule is C[C@@H](C(=O)N[C@H](C(=O)N1CCN(C(=O)c2c(OCCOCCO)c3cc(F)c(F)cc3n2C)CC1)C1CCCCC1)N(C)C(=O)OC(C)(C)C. The van der Waals surface area contributed by atoms with Crippen LogP contribution in [0, 0.1) is 17.6 Å². The van der Waals surface area contributed by atoms with Crippen molar-refractivity contribution in [3.05, 3.63) is 29.5 Å². The summed E-state index contributed by atoms with van der Waals surface area (Å²) in [5, 5.41) is 12.1. The summed E-state index contributed by atoms with van der Waals surface area (Å²) in [6, 6.07) is 0.321. The Labute approximate surface area is 291 Å². The van der Waals surface area contributed by atoms with Gasteiger partial charge in [-0.3, -0.25) is 19.3 Å². The average molecular weight is 708 g/mol. The lowest BCUT2D eigenvalue weighted by atomic mass is 9.83. The predicted octanol–water partition coefficient (Wildman–Crippen LogP) is 3.45. The first-order chi connectivity index (χ1) is 23.6. The highest BCUT2D eigenvalue weighted by Crippen LogP contribution is 2.35. The van der Waals surface area contributed by atoms with Crippen LogP contribution in [-0.2, 0) is 26.1 Å². The van der Waals surface area contributed by atoms with Crippen LogP contribution in [0.5, 0.6) is 5.75 Å². The molecule has 13 nitrogen and oxygen atoms in total. The van der Waals surface area contributed by atoms with Gasteiger partial charge in [-0.25, -0.2) is 13.6 Å². The standard InChI is InChI=1S/C35H51F2N5O8/c1-22(39(5)34(47)50-35(2,3)4)31(44)38-28(23-10-8-7-9-11-23)32(45)41-12-14-42(15-13-41)33(46)29-30(49-19-18-48-17-16-43)24-20-25(36)26(37)21-27(24)40(29)6/h20-23,28,43H,7-19H2,1-6H3,(H,38,44)/t22-,28-/m0/s1. The van der Waals surface area contributed by atoms with E-state index in [1.807, 2.05) is 0 Å². The zero-order valence-electron chi connectivity index (χ0n) is 29.9. The van der Waals surface area contributed by atoms with Gasteiger partial charge in [0.15, 0.2) is 23.1 Å². The molecule has 0 unspecified atom stereocenters. The van der Waals surface area contributed by atoms with E-state index in [9.17, 15) is 28.0 Å². The van der Waals surface area contributed by atoms with Crippen molar-refractivity contribution in [2.24, 2.45) is 13.0 Å². The first-order valence-electron chi connectivity index (χ1n) is 17.3. The molecule has 278 valence electrons. The summed E-state index contributed by atoms with van der Waals surface area (Å²) in [7, 11) is 3.05. The van der Waals surface area contributed by atoms with Crippen LogP contribution in [-0.4, -0.2) is 126 Å². The monoisotopic (exact) mass is 707 g/mol. The summed E-state index contributed by atoms with van der Waals surface area (Å²) in [4.78, 5) is 58.5. The van der Waals surface area contributed by atoms with E-state index in [4.69, 9.17) is 19.3 Å². The third-order valence-electron chi connectivity index (χ3n) is 9.31. The highest BCUT2D eigenvalue weighted by Gasteiger charge is 2.38. The van der Waals surface area contributed by atoms with Gasteiger partial charge in [-0.1, -0.05) is 19.3 Å². The second kappa shape index (κ2) is 16.8. The Morgan fingerprint density at radius 2 is 1.60 bits per heavy atom. The Kier molecular flexibility index (Phi) is 13.1. The van der Waals surface area contributed by atoms with Crippen molar-refractivity contribution in [3.63, 3.8) is 0 Å². The number of nitrogens with one attached hydrogen (secondary N) is 1. The van der Waals surface area contributed by atoms with Crippen LogP contribution in [0.3, 0.4) is 0 Å². The van der Waals surface area contributed by atoms with E-state index in [1.54, 1.807) is 44.5 Å². The fourth-order valence-corrected chi connectivity index (χ4v) is 6.42. The number of aromatic nitrogens is 1. The van der Waals surface area contributed by atoms with Crippen molar-refractivity contribution in [1.29, 1.82) is 0 Å². The largest absolute Gasteiger partial charge is 0.488 e. The molecule has 1 aliphatic heterocycles. The van der Waals surface area contributed by atoms with E-state index in [-0.39, 0.29) is 86.8 Å². The first kappa shape index (κ1) is 38.8. The van der Waals surface area contributed by atoms with Gasteiger partial charge in [0.2, 0.25) is 11.8 Å². The number of hydrogen-bond acceptors (Lipinski definition) is 8. The van der Waals surface area contributed by atoms with E-state index in [1.165, 1.54) is 16.5 Å². The van der Waals surface area contributed by atoms with Gasteiger partial charge in [-0.15, -0.1) is 0 Å². The summed E-state index contributed by atoms with van der Waals surface area (Å²) < 4.78 is 46.6. The highest BCUT2D eigenvalue weighted by atomic mass is 19.2. The highest BCUT2D eigenvalue weighted by molar-refractivity contribution is 6.04. The number of carbonyl (C=O) groups is 4. The van der Waals surface area contributed by atoms with E-state index in [2.05, 4.69) is 5.32 Å². The van der Waals surface area contributed by atoms with Crippen LogP contribution in [0.2, 0.25) is 0 Å². The van der Waals surface area contributed by atoms with Gasteiger partial charge >= 0.3 is 6.09 Å². The van der Waals surface area contributed by atoms with Gasteiger partial charge in [0.1, 0.15) is 24.3 Å². The average Bonchev–Trinajstić information content (AvgIpc) is 3.34. The van der Waals surface area contributed by atoms with Crippen molar-refractivity contribution in [1.82, 2.24) is 24.6 Å². The molecule has 2 heterocycles. The van der Waals surface area contributed by atoms with E-state index in [0.29, 0.717) is 0 Å². The smallest absolute Gasteiger partial charge is 0.410 e. The Bertz CT molecular complexity index is 1530. The number of aryl methyl sites for hydroxylation is 1. The number of amides is 4. The summed E-state index contributed by atoms with van der Waals surface area (Å²) >= 11 is 0. The van der Waals surface area contributed by atoms with E-state index >= 15 is 0 Å². The molecular formula is C35H51F2N5O8.